The second-order valence-corrected chi connectivity index (χ2v) is 8.78. The maximum absolute atomic E-state index is 12.7. The highest BCUT2D eigenvalue weighted by Gasteiger charge is 2.40. The number of piperidine rings is 1. The smallest absolute Gasteiger partial charge is 0.242 e. The van der Waals surface area contributed by atoms with Crippen LogP contribution in [0.15, 0.2) is 18.3 Å². The summed E-state index contributed by atoms with van der Waals surface area (Å²) in [7, 11) is 0. The Balaban J connectivity index is 1.44. The van der Waals surface area contributed by atoms with Gasteiger partial charge in [-0.3, -0.25) is 14.6 Å². The van der Waals surface area contributed by atoms with E-state index in [2.05, 4.69) is 24.0 Å². The van der Waals surface area contributed by atoms with Gasteiger partial charge < -0.3 is 14.7 Å². The van der Waals surface area contributed by atoms with Crippen molar-refractivity contribution in [3.8, 4) is 0 Å². The Bertz CT molecular complexity index is 704. The predicted octanol–water partition coefficient (Wildman–Crippen LogP) is 1.97. The Morgan fingerprint density at radius 2 is 1.82 bits per heavy atom. The SMILES string of the molecule is Cc1ccc(C2(CN3CCCC3)CCN(C(=O)CN3CCCC3=O)CC2)nc1. The Kier molecular flexibility index (Phi) is 5.67. The lowest BCUT2D eigenvalue weighted by Crippen LogP contribution is -2.52. The third-order valence-corrected chi connectivity index (χ3v) is 6.75. The van der Waals surface area contributed by atoms with E-state index >= 15 is 0 Å². The molecule has 0 spiro atoms. The minimum Gasteiger partial charge on any atom is -0.341 e. The zero-order valence-electron chi connectivity index (χ0n) is 17.0. The summed E-state index contributed by atoms with van der Waals surface area (Å²) >= 11 is 0. The number of pyridine rings is 1. The summed E-state index contributed by atoms with van der Waals surface area (Å²) in [5, 5.41) is 0. The van der Waals surface area contributed by atoms with Crippen molar-refractivity contribution in [3.63, 3.8) is 0 Å². The number of hydrogen-bond donors (Lipinski definition) is 0. The molecule has 3 fully saturated rings. The highest BCUT2D eigenvalue weighted by molar-refractivity contribution is 5.86. The van der Waals surface area contributed by atoms with Crippen LogP contribution in [-0.2, 0) is 15.0 Å². The van der Waals surface area contributed by atoms with Crippen molar-refractivity contribution in [2.24, 2.45) is 0 Å². The first kappa shape index (κ1) is 19.4. The van der Waals surface area contributed by atoms with Gasteiger partial charge in [-0.1, -0.05) is 6.07 Å². The van der Waals surface area contributed by atoms with E-state index in [0.717, 1.165) is 45.4 Å². The Morgan fingerprint density at radius 3 is 2.43 bits per heavy atom. The number of hydrogen-bond acceptors (Lipinski definition) is 4. The van der Waals surface area contributed by atoms with Crippen LogP contribution in [0, 0.1) is 6.92 Å². The molecule has 1 aromatic rings. The molecule has 6 heteroatoms. The third-order valence-electron chi connectivity index (χ3n) is 6.75. The van der Waals surface area contributed by atoms with Crippen LogP contribution < -0.4 is 0 Å². The van der Waals surface area contributed by atoms with Crippen molar-refractivity contribution < 1.29 is 9.59 Å². The zero-order valence-corrected chi connectivity index (χ0v) is 17.0. The van der Waals surface area contributed by atoms with Crippen molar-refractivity contribution in [2.75, 3.05) is 45.8 Å². The molecule has 0 bridgehead atoms. The average Bonchev–Trinajstić information content (AvgIpc) is 3.35. The molecule has 3 saturated heterocycles. The molecule has 0 N–H and O–H groups in total. The van der Waals surface area contributed by atoms with Crippen LogP contribution in [0.3, 0.4) is 0 Å². The minimum absolute atomic E-state index is 0.0261. The van der Waals surface area contributed by atoms with Crippen LogP contribution in [0.2, 0.25) is 0 Å². The van der Waals surface area contributed by atoms with E-state index in [1.165, 1.54) is 37.2 Å². The van der Waals surface area contributed by atoms with Crippen LogP contribution in [0.5, 0.6) is 0 Å². The fourth-order valence-corrected chi connectivity index (χ4v) is 4.96. The quantitative estimate of drug-likeness (QED) is 0.779. The number of aromatic nitrogens is 1. The third kappa shape index (κ3) is 4.07. The van der Waals surface area contributed by atoms with Gasteiger partial charge in [0.05, 0.1) is 6.54 Å². The first-order valence-corrected chi connectivity index (χ1v) is 10.8. The molecule has 3 aliphatic heterocycles. The monoisotopic (exact) mass is 384 g/mol. The van der Waals surface area contributed by atoms with Crippen molar-refractivity contribution >= 4 is 11.8 Å². The molecule has 0 saturated carbocycles. The molecule has 0 aromatic carbocycles. The van der Waals surface area contributed by atoms with Crippen molar-refractivity contribution in [3.05, 3.63) is 29.6 Å². The van der Waals surface area contributed by atoms with Crippen LogP contribution in [0.25, 0.3) is 0 Å². The van der Waals surface area contributed by atoms with Gasteiger partial charge in [-0.25, -0.2) is 0 Å². The molecule has 0 radical (unpaired) electrons. The number of rotatable bonds is 5. The second-order valence-electron chi connectivity index (χ2n) is 8.78. The van der Waals surface area contributed by atoms with Gasteiger partial charge in [-0.15, -0.1) is 0 Å². The Labute approximate surface area is 167 Å². The summed E-state index contributed by atoms with van der Waals surface area (Å²) in [5.41, 5.74) is 2.38. The maximum atomic E-state index is 12.7. The van der Waals surface area contributed by atoms with Crippen molar-refractivity contribution in [2.45, 2.75) is 50.9 Å². The van der Waals surface area contributed by atoms with Gasteiger partial charge in [0.2, 0.25) is 11.8 Å². The normalized spacial score (nSPS) is 22.8. The zero-order chi connectivity index (χ0) is 19.6. The summed E-state index contributed by atoms with van der Waals surface area (Å²) in [4.78, 5) is 35.6. The van der Waals surface area contributed by atoms with Crippen LogP contribution in [-0.4, -0.2) is 77.3 Å². The molecule has 152 valence electrons. The molecule has 2 amide bonds. The first-order chi connectivity index (χ1) is 13.6. The van der Waals surface area contributed by atoms with E-state index in [9.17, 15) is 9.59 Å². The molecular formula is C22H32N4O2. The highest BCUT2D eigenvalue weighted by Crippen LogP contribution is 2.36. The molecule has 3 aliphatic rings. The molecule has 4 heterocycles. The summed E-state index contributed by atoms with van der Waals surface area (Å²) in [5.74, 6) is 0.222. The lowest BCUT2D eigenvalue weighted by molar-refractivity contribution is -0.139. The highest BCUT2D eigenvalue weighted by atomic mass is 16.2. The fourth-order valence-electron chi connectivity index (χ4n) is 4.96. The average molecular weight is 385 g/mol. The summed E-state index contributed by atoms with van der Waals surface area (Å²) in [6.07, 6.45) is 7.89. The number of likely N-dealkylation sites (tertiary alicyclic amines) is 3. The lowest BCUT2D eigenvalue weighted by Gasteiger charge is -2.43. The van der Waals surface area contributed by atoms with E-state index in [0.29, 0.717) is 6.42 Å². The summed E-state index contributed by atoms with van der Waals surface area (Å²) in [6, 6.07) is 4.34. The molecule has 0 unspecified atom stereocenters. The number of carbonyl (C=O) groups excluding carboxylic acids is 2. The number of carbonyl (C=O) groups is 2. The van der Waals surface area contributed by atoms with Gasteiger partial charge >= 0.3 is 0 Å². The number of nitrogens with zero attached hydrogens (tertiary/aromatic N) is 4. The second kappa shape index (κ2) is 8.19. The largest absolute Gasteiger partial charge is 0.341 e. The molecule has 6 nitrogen and oxygen atoms in total. The molecule has 1 aromatic heterocycles. The van der Waals surface area contributed by atoms with E-state index in [1.807, 2.05) is 11.1 Å². The van der Waals surface area contributed by atoms with E-state index < -0.39 is 0 Å². The molecule has 0 aliphatic carbocycles. The molecular weight excluding hydrogens is 352 g/mol. The molecule has 0 atom stereocenters. The number of aryl methyl sites for hydroxylation is 1. The van der Waals surface area contributed by atoms with Crippen LogP contribution in [0.4, 0.5) is 0 Å². The van der Waals surface area contributed by atoms with Crippen molar-refractivity contribution in [1.29, 1.82) is 0 Å². The molecule has 28 heavy (non-hydrogen) atoms. The lowest BCUT2D eigenvalue weighted by atomic mass is 9.74. The molecule has 4 rings (SSSR count). The Hall–Kier alpha value is -1.95. The first-order valence-electron chi connectivity index (χ1n) is 10.8. The minimum atomic E-state index is 0.0261. The summed E-state index contributed by atoms with van der Waals surface area (Å²) < 4.78 is 0. The number of amides is 2. The van der Waals surface area contributed by atoms with Gasteiger partial charge in [0.1, 0.15) is 0 Å². The van der Waals surface area contributed by atoms with Crippen LogP contribution in [0.1, 0.15) is 49.8 Å². The van der Waals surface area contributed by atoms with E-state index in [-0.39, 0.29) is 23.8 Å². The van der Waals surface area contributed by atoms with Gasteiger partial charge in [0.25, 0.3) is 0 Å². The maximum Gasteiger partial charge on any atom is 0.242 e. The van der Waals surface area contributed by atoms with E-state index in [4.69, 9.17) is 4.98 Å². The standard InChI is InChI=1S/C22H32N4O2/c1-18-6-7-19(23-15-18)22(17-24-10-2-3-11-24)8-13-25(14-9-22)21(28)16-26-12-4-5-20(26)27/h6-7,15H,2-5,8-14,16-17H2,1H3. The van der Waals surface area contributed by atoms with E-state index in [1.54, 1.807) is 4.90 Å². The van der Waals surface area contributed by atoms with Gasteiger partial charge in [-0.05, 0) is 63.7 Å². The predicted molar refractivity (Wildman–Crippen MR) is 108 cm³/mol. The fraction of sp³-hybridized carbons (Fsp3) is 0.682. The summed E-state index contributed by atoms with van der Waals surface area (Å²) in [6.45, 7) is 7.95. The van der Waals surface area contributed by atoms with Gasteiger partial charge in [0, 0.05) is 49.9 Å². The van der Waals surface area contributed by atoms with Crippen molar-refractivity contribution in [1.82, 2.24) is 19.7 Å². The topological polar surface area (TPSA) is 56.8 Å². The van der Waals surface area contributed by atoms with Gasteiger partial charge in [0.15, 0.2) is 0 Å². The van der Waals surface area contributed by atoms with Gasteiger partial charge in [-0.2, -0.15) is 0 Å². The Morgan fingerprint density at radius 1 is 1.07 bits per heavy atom. The van der Waals surface area contributed by atoms with Crippen LogP contribution >= 0.6 is 0 Å².